The molecule has 1 aromatic rings. The highest BCUT2D eigenvalue weighted by Crippen LogP contribution is 2.36. The van der Waals surface area contributed by atoms with Crippen molar-refractivity contribution in [1.29, 1.82) is 0 Å². The summed E-state index contributed by atoms with van der Waals surface area (Å²) in [4.78, 5) is 19.8. The number of methoxy groups -OCH3 is 1. The Morgan fingerprint density at radius 1 is 1.30 bits per heavy atom. The molecule has 1 aromatic carbocycles. The molecular weight excluding hydrogens is 398 g/mol. The van der Waals surface area contributed by atoms with Gasteiger partial charge in [0.15, 0.2) is 0 Å². The van der Waals surface area contributed by atoms with Crippen molar-refractivity contribution >= 4 is 23.5 Å². The van der Waals surface area contributed by atoms with E-state index in [0.717, 1.165) is 19.3 Å². The molecule has 1 aliphatic rings. The van der Waals surface area contributed by atoms with E-state index < -0.39 is 29.5 Å². The smallest absolute Gasteiger partial charge is 0.490 e. The molecule has 27 heavy (non-hydrogen) atoms. The highest BCUT2D eigenvalue weighted by atomic mass is 35.5. The third-order valence-corrected chi connectivity index (χ3v) is 4.31. The average molecular weight is 416 g/mol. The summed E-state index contributed by atoms with van der Waals surface area (Å²) in [5.41, 5.74) is 0.00780. The van der Waals surface area contributed by atoms with Crippen LogP contribution in [0.3, 0.4) is 0 Å². The van der Waals surface area contributed by atoms with E-state index >= 15 is 0 Å². The van der Waals surface area contributed by atoms with Crippen molar-refractivity contribution in [3.63, 3.8) is 0 Å². The summed E-state index contributed by atoms with van der Waals surface area (Å²) < 4.78 is 50.6. The second-order valence-electron chi connectivity index (χ2n) is 5.94. The lowest BCUT2D eigenvalue weighted by Crippen LogP contribution is -2.51. The van der Waals surface area contributed by atoms with Crippen LogP contribution in [0.1, 0.15) is 31.2 Å². The van der Waals surface area contributed by atoms with E-state index in [1.165, 1.54) is 19.2 Å². The van der Waals surface area contributed by atoms with Gasteiger partial charge in [0.25, 0.3) is 0 Å². The van der Waals surface area contributed by atoms with Crippen molar-refractivity contribution in [2.24, 2.45) is 0 Å². The number of nitrogens with one attached hydrogen (secondary N) is 1. The number of carboxylic acid groups (broad SMARTS) is 2. The lowest BCUT2D eigenvalue weighted by molar-refractivity contribution is -0.192. The lowest BCUT2D eigenvalue weighted by atomic mass is 9.74. The first-order chi connectivity index (χ1) is 12.4. The third-order valence-electron chi connectivity index (χ3n) is 4.02. The predicted molar refractivity (Wildman–Crippen MR) is 87.3 cm³/mol. The van der Waals surface area contributed by atoms with Gasteiger partial charge in [0.1, 0.15) is 11.6 Å². The second kappa shape index (κ2) is 9.23. The van der Waals surface area contributed by atoms with Crippen molar-refractivity contribution in [3.8, 4) is 5.75 Å². The Kier molecular flexibility index (Phi) is 7.85. The Balaban J connectivity index is 0.000000445. The summed E-state index contributed by atoms with van der Waals surface area (Å²) in [6.07, 6.45) is -2.44. The van der Waals surface area contributed by atoms with Crippen molar-refractivity contribution in [3.05, 3.63) is 28.5 Å². The van der Waals surface area contributed by atoms with Crippen LogP contribution in [-0.4, -0.2) is 41.0 Å². The van der Waals surface area contributed by atoms with Gasteiger partial charge in [0, 0.05) is 17.6 Å². The Morgan fingerprint density at radius 2 is 1.85 bits per heavy atom. The van der Waals surface area contributed by atoms with E-state index in [-0.39, 0.29) is 18.0 Å². The van der Waals surface area contributed by atoms with Gasteiger partial charge in [0.2, 0.25) is 0 Å². The van der Waals surface area contributed by atoms with Gasteiger partial charge in [-0.1, -0.05) is 11.6 Å². The average Bonchev–Trinajstić information content (AvgIpc) is 2.50. The van der Waals surface area contributed by atoms with Gasteiger partial charge in [0.05, 0.1) is 18.6 Å². The van der Waals surface area contributed by atoms with E-state index in [1.807, 2.05) is 0 Å². The lowest BCUT2D eigenvalue weighted by Gasteiger charge is -2.42. The highest BCUT2D eigenvalue weighted by Gasteiger charge is 2.39. The van der Waals surface area contributed by atoms with Crippen LogP contribution in [-0.2, 0) is 16.1 Å². The van der Waals surface area contributed by atoms with Crippen LogP contribution in [0.15, 0.2) is 12.1 Å². The number of hydrogen-bond acceptors (Lipinski definition) is 4. The molecule has 0 aliphatic heterocycles. The van der Waals surface area contributed by atoms with Crippen LogP contribution in [0.4, 0.5) is 17.6 Å². The molecule has 0 radical (unpaired) electrons. The number of aliphatic carboxylic acids is 2. The fourth-order valence-corrected chi connectivity index (χ4v) is 2.68. The minimum atomic E-state index is -5.08. The summed E-state index contributed by atoms with van der Waals surface area (Å²) in [7, 11) is 1.47. The van der Waals surface area contributed by atoms with E-state index in [9.17, 15) is 22.4 Å². The number of ether oxygens (including phenoxy) is 1. The fourth-order valence-electron chi connectivity index (χ4n) is 2.45. The molecule has 0 amide bonds. The van der Waals surface area contributed by atoms with Gasteiger partial charge in [-0.15, -0.1) is 0 Å². The van der Waals surface area contributed by atoms with Gasteiger partial charge < -0.3 is 20.3 Å². The van der Waals surface area contributed by atoms with Gasteiger partial charge in [-0.25, -0.2) is 9.18 Å². The van der Waals surface area contributed by atoms with Crippen molar-refractivity contribution in [2.45, 2.75) is 43.9 Å². The summed E-state index contributed by atoms with van der Waals surface area (Å²) in [6, 6.07) is 2.75. The van der Waals surface area contributed by atoms with Gasteiger partial charge in [-0.2, -0.15) is 13.2 Å². The molecule has 0 bridgehead atoms. The maximum Gasteiger partial charge on any atom is 0.490 e. The molecule has 11 heteroatoms. The van der Waals surface area contributed by atoms with E-state index in [2.05, 4.69) is 5.32 Å². The standard InChI is InChI=1S/C14H17ClFNO3.C2HF3O2/c1-20-12-5-9(11(16)6-10(12)15)8-17-14(3-2-4-14)7-13(18)19;3-2(4,5)1(6)7/h5-6,17H,2-4,7-8H2,1H3,(H,18,19);(H,6,7). The molecule has 2 rings (SSSR count). The zero-order chi connectivity index (χ0) is 20.8. The third kappa shape index (κ3) is 6.87. The minimum Gasteiger partial charge on any atom is -0.495 e. The van der Waals surface area contributed by atoms with Crippen molar-refractivity contribution in [2.75, 3.05) is 7.11 Å². The zero-order valence-electron chi connectivity index (χ0n) is 14.2. The van der Waals surface area contributed by atoms with Crippen LogP contribution in [0.2, 0.25) is 5.02 Å². The highest BCUT2D eigenvalue weighted by molar-refractivity contribution is 6.32. The molecule has 3 N–H and O–H groups in total. The van der Waals surface area contributed by atoms with Crippen LogP contribution >= 0.6 is 11.6 Å². The topological polar surface area (TPSA) is 95.9 Å². The van der Waals surface area contributed by atoms with Crippen LogP contribution in [0.5, 0.6) is 5.75 Å². The number of benzene rings is 1. The maximum atomic E-state index is 13.8. The minimum absolute atomic E-state index is 0.0549. The summed E-state index contributed by atoms with van der Waals surface area (Å²) >= 11 is 5.84. The molecule has 0 heterocycles. The summed E-state index contributed by atoms with van der Waals surface area (Å²) in [6.45, 7) is 0.257. The van der Waals surface area contributed by atoms with E-state index in [0.29, 0.717) is 11.3 Å². The van der Waals surface area contributed by atoms with Crippen LogP contribution in [0, 0.1) is 5.82 Å². The molecular formula is C16H18ClF4NO5. The van der Waals surface area contributed by atoms with Gasteiger partial charge in [-0.3, -0.25) is 4.79 Å². The van der Waals surface area contributed by atoms with Gasteiger partial charge in [-0.05, 0) is 31.4 Å². The Hall–Kier alpha value is -2.07. The van der Waals surface area contributed by atoms with Crippen LogP contribution < -0.4 is 10.1 Å². The van der Waals surface area contributed by atoms with E-state index in [1.54, 1.807) is 0 Å². The molecule has 6 nitrogen and oxygen atoms in total. The molecule has 1 aliphatic carbocycles. The number of carboxylic acids is 2. The second-order valence-corrected chi connectivity index (χ2v) is 6.35. The van der Waals surface area contributed by atoms with Crippen molar-refractivity contribution < 1.29 is 42.1 Å². The first-order valence-corrected chi connectivity index (χ1v) is 8.07. The summed E-state index contributed by atoms with van der Waals surface area (Å²) in [5.74, 6) is -3.61. The molecule has 1 fully saturated rings. The molecule has 0 atom stereocenters. The molecule has 152 valence electrons. The SMILES string of the molecule is COc1cc(CNC2(CC(=O)O)CCC2)c(F)cc1Cl.O=C(O)C(F)(F)F. The Bertz CT molecular complexity index is 692. The van der Waals surface area contributed by atoms with Gasteiger partial charge >= 0.3 is 18.1 Å². The maximum absolute atomic E-state index is 13.8. The summed E-state index contributed by atoms with van der Waals surface area (Å²) in [5, 5.41) is 19.5. The molecule has 0 saturated heterocycles. The zero-order valence-corrected chi connectivity index (χ0v) is 15.0. The largest absolute Gasteiger partial charge is 0.495 e. The van der Waals surface area contributed by atoms with Crippen LogP contribution in [0.25, 0.3) is 0 Å². The van der Waals surface area contributed by atoms with Crippen molar-refractivity contribution in [1.82, 2.24) is 5.32 Å². The quantitative estimate of drug-likeness (QED) is 0.614. The first-order valence-electron chi connectivity index (χ1n) is 7.69. The monoisotopic (exact) mass is 415 g/mol. The molecule has 0 unspecified atom stereocenters. The normalized spacial score (nSPS) is 15.2. The number of alkyl halides is 3. The molecule has 0 spiro atoms. The number of rotatable bonds is 6. The first kappa shape index (κ1) is 23.0. The molecule has 1 saturated carbocycles. The number of halogens is 5. The molecule has 0 aromatic heterocycles. The predicted octanol–water partition coefficient (Wildman–Crippen LogP) is 3.61. The Labute approximate surface area is 157 Å². The van der Waals surface area contributed by atoms with E-state index in [4.69, 9.17) is 31.3 Å². The fraction of sp³-hybridized carbons (Fsp3) is 0.500. The number of carbonyl (C=O) groups is 2. The number of hydrogen-bond donors (Lipinski definition) is 3. The Morgan fingerprint density at radius 3 is 2.22 bits per heavy atom.